The topological polar surface area (TPSA) is 66.8 Å². The number of rotatable bonds is 9. The maximum atomic E-state index is 11.7. The average molecular weight is 292 g/mol. The number of benzene rings is 1. The van der Waals surface area contributed by atoms with Crippen molar-refractivity contribution in [1.82, 2.24) is 0 Å². The maximum absolute atomic E-state index is 11.7. The number of phenolic OH excluding ortho intramolecular Hbond substituents is 2. The number of esters is 1. The van der Waals surface area contributed by atoms with Crippen molar-refractivity contribution in [2.24, 2.45) is 0 Å². The van der Waals surface area contributed by atoms with Gasteiger partial charge < -0.3 is 14.9 Å². The molecule has 0 radical (unpaired) electrons. The van der Waals surface area contributed by atoms with Crippen LogP contribution in [0.2, 0.25) is 0 Å². The lowest BCUT2D eigenvalue weighted by molar-refractivity contribution is 0.0549. The molecule has 0 atom stereocenters. The first kappa shape index (κ1) is 17.1. The van der Waals surface area contributed by atoms with Crippen LogP contribution in [-0.4, -0.2) is 22.8 Å². The van der Waals surface area contributed by atoms with Crippen LogP contribution < -0.4 is 0 Å². The van der Waals surface area contributed by atoms with Gasteiger partial charge in [-0.3, -0.25) is 0 Å². The zero-order valence-corrected chi connectivity index (χ0v) is 12.5. The summed E-state index contributed by atoms with van der Waals surface area (Å²) in [5, 5.41) is 18.5. The molecule has 4 nitrogen and oxygen atoms in total. The van der Waals surface area contributed by atoms with Crippen molar-refractivity contribution in [3.63, 3.8) is 0 Å². The van der Waals surface area contributed by atoms with Crippen LogP contribution >= 0.6 is 0 Å². The fourth-order valence-electron chi connectivity index (χ4n) is 1.91. The summed E-state index contributed by atoms with van der Waals surface area (Å²) in [6.45, 7) is 2.41. The van der Waals surface area contributed by atoms with E-state index >= 15 is 0 Å². The minimum Gasteiger partial charge on any atom is -0.504 e. The first-order valence-electron chi connectivity index (χ1n) is 7.49. The molecule has 1 aromatic carbocycles. The second kappa shape index (κ2) is 9.86. The number of unbranched alkanes of at least 4 members (excludes halogenated alkanes) is 5. The number of carbonyl (C=O) groups excluding carboxylic acids is 1. The van der Waals surface area contributed by atoms with E-state index in [1.807, 2.05) is 12.2 Å². The fraction of sp³-hybridized carbons (Fsp3) is 0.471. The molecule has 0 saturated heterocycles. The molecular weight excluding hydrogens is 268 g/mol. The van der Waals surface area contributed by atoms with E-state index in [-0.39, 0.29) is 23.7 Å². The van der Waals surface area contributed by atoms with Crippen LogP contribution in [0.25, 0.3) is 0 Å². The quantitative estimate of drug-likeness (QED) is 0.310. The first-order valence-corrected chi connectivity index (χ1v) is 7.49. The lowest BCUT2D eigenvalue weighted by atomic mass is 10.1. The second-order valence-electron chi connectivity index (χ2n) is 4.98. The summed E-state index contributed by atoms with van der Waals surface area (Å²) in [7, 11) is 0. The zero-order valence-electron chi connectivity index (χ0n) is 12.5. The van der Waals surface area contributed by atoms with Crippen molar-refractivity contribution in [2.45, 2.75) is 45.4 Å². The number of aromatic hydroxyl groups is 2. The zero-order chi connectivity index (χ0) is 15.5. The lowest BCUT2D eigenvalue weighted by Crippen LogP contribution is -2.04. The van der Waals surface area contributed by atoms with Gasteiger partial charge in [0.25, 0.3) is 0 Å². The van der Waals surface area contributed by atoms with Gasteiger partial charge >= 0.3 is 5.97 Å². The third-order valence-electron chi connectivity index (χ3n) is 3.16. The van der Waals surface area contributed by atoms with E-state index in [9.17, 15) is 9.90 Å². The summed E-state index contributed by atoms with van der Waals surface area (Å²) in [4.78, 5) is 11.7. The maximum Gasteiger partial charge on any atom is 0.338 e. The van der Waals surface area contributed by atoms with E-state index in [4.69, 9.17) is 9.84 Å². The Kier molecular flexibility index (Phi) is 8.02. The van der Waals surface area contributed by atoms with E-state index in [2.05, 4.69) is 6.92 Å². The number of hydrogen-bond acceptors (Lipinski definition) is 4. The van der Waals surface area contributed by atoms with Crippen LogP contribution in [0.15, 0.2) is 30.4 Å². The molecule has 0 unspecified atom stereocenters. The first-order chi connectivity index (χ1) is 10.1. The molecule has 116 valence electrons. The van der Waals surface area contributed by atoms with Gasteiger partial charge in [-0.05, 0) is 31.0 Å². The number of phenols is 2. The lowest BCUT2D eigenvalue weighted by Gasteiger charge is -2.03. The van der Waals surface area contributed by atoms with E-state index in [0.717, 1.165) is 12.8 Å². The molecule has 0 fully saturated rings. The Morgan fingerprint density at radius 2 is 1.86 bits per heavy atom. The van der Waals surface area contributed by atoms with Crippen LogP contribution in [0.3, 0.4) is 0 Å². The van der Waals surface area contributed by atoms with Gasteiger partial charge in [-0.15, -0.1) is 0 Å². The molecule has 0 amide bonds. The van der Waals surface area contributed by atoms with Crippen molar-refractivity contribution < 1.29 is 19.7 Å². The SMILES string of the molecule is CCCCCCC/C=C/COC(=O)c1ccc(O)c(O)c1. The monoisotopic (exact) mass is 292 g/mol. The third-order valence-corrected chi connectivity index (χ3v) is 3.16. The van der Waals surface area contributed by atoms with E-state index in [1.165, 1.54) is 43.9 Å². The highest BCUT2D eigenvalue weighted by molar-refractivity contribution is 5.90. The second-order valence-corrected chi connectivity index (χ2v) is 4.98. The Balaban J connectivity index is 2.19. The van der Waals surface area contributed by atoms with Crippen LogP contribution in [-0.2, 0) is 4.74 Å². The predicted octanol–water partition coefficient (Wildman–Crippen LogP) is 4.17. The van der Waals surface area contributed by atoms with Gasteiger partial charge in [0.15, 0.2) is 11.5 Å². The molecule has 0 aliphatic rings. The van der Waals surface area contributed by atoms with Gasteiger partial charge in [0.05, 0.1) is 5.56 Å². The molecule has 0 heterocycles. The fourth-order valence-corrected chi connectivity index (χ4v) is 1.91. The Morgan fingerprint density at radius 3 is 2.57 bits per heavy atom. The van der Waals surface area contributed by atoms with Gasteiger partial charge in [-0.2, -0.15) is 0 Å². The molecular formula is C17H24O4. The van der Waals surface area contributed by atoms with Gasteiger partial charge in [-0.25, -0.2) is 4.79 Å². The van der Waals surface area contributed by atoms with E-state index in [0.29, 0.717) is 0 Å². The Labute approximate surface area is 126 Å². The number of ether oxygens (including phenoxy) is 1. The standard InChI is InChI=1S/C17H24O4/c1-2-3-4-5-6-7-8-9-12-21-17(20)14-10-11-15(18)16(19)13-14/h8-11,13,18-19H,2-7,12H2,1H3/b9-8+. The molecule has 0 aliphatic carbocycles. The number of carbonyl (C=O) groups is 1. The van der Waals surface area contributed by atoms with Crippen molar-refractivity contribution in [3.8, 4) is 11.5 Å². The Hall–Kier alpha value is -1.97. The summed E-state index contributed by atoms with van der Waals surface area (Å²) in [5.74, 6) is -1.10. The molecule has 0 spiro atoms. The van der Waals surface area contributed by atoms with Crippen LogP contribution in [0.1, 0.15) is 55.8 Å². The minimum absolute atomic E-state index is 0.218. The number of allylic oxidation sites excluding steroid dienone is 1. The summed E-state index contributed by atoms with van der Waals surface area (Å²) in [6, 6.07) is 3.86. The van der Waals surface area contributed by atoms with Gasteiger partial charge in [0.2, 0.25) is 0 Å². The highest BCUT2D eigenvalue weighted by Crippen LogP contribution is 2.25. The normalized spacial score (nSPS) is 10.9. The van der Waals surface area contributed by atoms with Gasteiger partial charge in [-0.1, -0.05) is 44.8 Å². The van der Waals surface area contributed by atoms with Crippen molar-refractivity contribution in [2.75, 3.05) is 6.61 Å². The van der Waals surface area contributed by atoms with Crippen molar-refractivity contribution >= 4 is 5.97 Å². The third kappa shape index (κ3) is 6.84. The highest BCUT2D eigenvalue weighted by Gasteiger charge is 2.09. The van der Waals surface area contributed by atoms with Crippen LogP contribution in [0.4, 0.5) is 0 Å². The molecule has 4 heteroatoms. The summed E-state index contributed by atoms with van der Waals surface area (Å²) >= 11 is 0. The molecule has 2 N–H and O–H groups in total. The molecule has 0 aromatic heterocycles. The largest absolute Gasteiger partial charge is 0.504 e. The summed E-state index contributed by atoms with van der Waals surface area (Å²) in [5.41, 5.74) is 0.221. The molecule has 0 bridgehead atoms. The Bertz CT molecular complexity index is 466. The summed E-state index contributed by atoms with van der Waals surface area (Å²) < 4.78 is 5.05. The van der Waals surface area contributed by atoms with Gasteiger partial charge in [0, 0.05) is 0 Å². The average Bonchev–Trinajstić information content (AvgIpc) is 2.48. The Morgan fingerprint density at radius 1 is 1.10 bits per heavy atom. The molecule has 1 aromatic rings. The smallest absolute Gasteiger partial charge is 0.338 e. The minimum atomic E-state index is -0.516. The molecule has 21 heavy (non-hydrogen) atoms. The highest BCUT2D eigenvalue weighted by atomic mass is 16.5. The van der Waals surface area contributed by atoms with Crippen molar-refractivity contribution in [1.29, 1.82) is 0 Å². The molecule has 1 rings (SSSR count). The van der Waals surface area contributed by atoms with Crippen molar-refractivity contribution in [3.05, 3.63) is 35.9 Å². The van der Waals surface area contributed by atoms with Crippen LogP contribution in [0.5, 0.6) is 11.5 Å². The number of hydrogen-bond donors (Lipinski definition) is 2. The molecule has 0 aliphatic heterocycles. The van der Waals surface area contributed by atoms with Gasteiger partial charge in [0.1, 0.15) is 6.61 Å². The van der Waals surface area contributed by atoms with Crippen LogP contribution in [0, 0.1) is 0 Å². The predicted molar refractivity (Wildman–Crippen MR) is 82.6 cm³/mol. The van der Waals surface area contributed by atoms with E-state index < -0.39 is 5.97 Å². The van der Waals surface area contributed by atoms with E-state index in [1.54, 1.807) is 0 Å². The summed E-state index contributed by atoms with van der Waals surface area (Å²) in [6.07, 6.45) is 11.1. The molecule has 0 saturated carbocycles.